The molecule has 6 heteroatoms. The highest BCUT2D eigenvalue weighted by atomic mass is 35.5. The molecule has 2 fully saturated rings. The molecule has 132 valence electrons. The fraction of sp³-hybridized carbons (Fsp3) is 0.611. The zero-order chi connectivity index (χ0) is 17.2. The lowest BCUT2D eigenvalue weighted by atomic mass is 9.84. The van der Waals surface area contributed by atoms with Crippen molar-refractivity contribution in [2.75, 3.05) is 32.8 Å². The minimum Gasteiger partial charge on any atom is -0.347 e. The van der Waals surface area contributed by atoms with Crippen molar-refractivity contribution in [2.45, 2.75) is 37.9 Å². The van der Waals surface area contributed by atoms with Crippen molar-refractivity contribution < 1.29 is 14.3 Å². The van der Waals surface area contributed by atoms with Crippen LogP contribution >= 0.6 is 11.6 Å². The van der Waals surface area contributed by atoms with Crippen molar-refractivity contribution in [1.29, 1.82) is 0 Å². The molecule has 2 aliphatic rings. The van der Waals surface area contributed by atoms with Gasteiger partial charge >= 0.3 is 6.03 Å². The molecule has 1 aromatic carbocycles. The molecule has 0 atom stereocenters. The molecule has 1 aromatic rings. The molecule has 3 rings (SSSR count). The Bertz CT molecular complexity index is 590. The van der Waals surface area contributed by atoms with Crippen LogP contribution in [0.5, 0.6) is 0 Å². The molecule has 0 aromatic heterocycles. The number of halogens is 1. The first-order chi connectivity index (χ1) is 11.4. The van der Waals surface area contributed by atoms with Gasteiger partial charge in [-0.2, -0.15) is 0 Å². The molecule has 0 unspecified atom stereocenters. The number of amides is 2. The van der Waals surface area contributed by atoms with Gasteiger partial charge in [-0.05, 0) is 17.7 Å². The van der Waals surface area contributed by atoms with Gasteiger partial charge in [0.2, 0.25) is 0 Å². The maximum Gasteiger partial charge on any atom is 0.317 e. The van der Waals surface area contributed by atoms with Gasteiger partial charge in [-0.25, -0.2) is 4.79 Å². The molecule has 0 bridgehead atoms. The van der Waals surface area contributed by atoms with E-state index in [9.17, 15) is 4.79 Å². The van der Waals surface area contributed by atoms with Crippen molar-refractivity contribution in [1.82, 2.24) is 10.2 Å². The highest BCUT2D eigenvalue weighted by molar-refractivity contribution is 6.30. The Hall–Kier alpha value is -1.30. The van der Waals surface area contributed by atoms with Crippen LogP contribution in [-0.4, -0.2) is 49.6 Å². The van der Waals surface area contributed by atoms with E-state index in [0.717, 1.165) is 18.4 Å². The molecule has 0 radical (unpaired) electrons. The van der Waals surface area contributed by atoms with Crippen LogP contribution in [0.4, 0.5) is 4.79 Å². The monoisotopic (exact) mass is 352 g/mol. The van der Waals surface area contributed by atoms with Gasteiger partial charge in [0, 0.05) is 42.9 Å². The largest absolute Gasteiger partial charge is 0.347 e. The average Bonchev–Trinajstić information content (AvgIpc) is 3.01. The third-order valence-electron chi connectivity index (χ3n) is 4.91. The number of nitrogens with one attached hydrogen (secondary N) is 1. The number of piperidine rings is 1. The highest BCUT2D eigenvalue weighted by Crippen LogP contribution is 2.31. The molecular formula is C18H25ClN2O3. The number of nitrogens with zero attached hydrogens (tertiary/aromatic N) is 1. The van der Waals surface area contributed by atoms with E-state index in [-0.39, 0.29) is 11.4 Å². The van der Waals surface area contributed by atoms with Gasteiger partial charge < -0.3 is 19.7 Å². The van der Waals surface area contributed by atoms with E-state index < -0.39 is 5.79 Å². The number of ether oxygens (including phenoxy) is 2. The topological polar surface area (TPSA) is 50.8 Å². The Balaban J connectivity index is 1.52. The maximum atomic E-state index is 12.5. The van der Waals surface area contributed by atoms with E-state index in [1.807, 2.05) is 29.2 Å². The number of carbonyl (C=O) groups excluding carboxylic acids is 1. The van der Waals surface area contributed by atoms with Gasteiger partial charge in [-0.3, -0.25) is 0 Å². The minimum atomic E-state index is -0.448. The van der Waals surface area contributed by atoms with Crippen LogP contribution in [0.25, 0.3) is 0 Å². The standard InChI is InChI=1S/C18H25ClN2O3/c1-17(2,14-4-3-5-15(19)12-14)13-20-16(22)21-8-6-18(7-9-21)23-10-11-24-18/h3-5,12H,6-11,13H2,1-2H3,(H,20,22). The summed E-state index contributed by atoms with van der Waals surface area (Å²) in [5.74, 6) is -0.448. The van der Waals surface area contributed by atoms with Crippen molar-refractivity contribution in [3.05, 3.63) is 34.9 Å². The van der Waals surface area contributed by atoms with E-state index in [2.05, 4.69) is 19.2 Å². The second-order valence-corrected chi connectivity index (χ2v) is 7.58. The van der Waals surface area contributed by atoms with Crippen molar-refractivity contribution in [3.8, 4) is 0 Å². The minimum absolute atomic E-state index is 0.0297. The molecule has 2 amide bonds. The third kappa shape index (κ3) is 3.85. The van der Waals surface area contributed by atoms with Crippen LogP contribution in [0.3, 0.4) is 0 Å². The van der Waals surface area contributed by atoms with Crippen LogP contribution in [-0.2, 0) is 14.9 Å². The molecule has 5 nitrogen and oxygen atoms in total. The molecule has 0 aliphatic carbocycles. The first kappa shape index (κ1) is 17.5. The predicted octanol–water partition coefficient (Wildman–Crippen LogP) is 3.17. The van der Waals surface area contributed by atoms with Crippen LogP contribution in [0.15, 0.2) is 24.3 Å². The molecule has 2 aliphatic heterocycles. The van der Waals surface area contributed by atoms with Crippen LogP contribution in [0, 0.1) is 0 Å². The summed E-state index contributed by atoms with van der Waals surface area (Å²) < 4.78 is 11.4. The molecule has 24 heavy (non-hydrogen) atoms. The second-order valence-electron chi connectivity index (χ2n) is 7.15. The van der Waals surface area contributed by atoms with Gasteiger partial charge in [-0.1, -0.05) is 37.6 Å². The predicted molar refractivity (Wildman–Crippen MR) is 93.3 cm³/mol. The maximum absolute atomic E-state index is 12.5. The second kappa shape index (κ2) is 6.90. The summed E-state index contributed by atoms with van der Waals surface area (Å²) in [7, 11) is 0. The number of benzene rings is 1. The normalized spacial score (nSPS) is 20.4. The number of carbonyl (C=O) groups is 1. The molecule has 2 saturated heterocycles. The molecule has 0 saturated carbocycles. The van der Waals surface area contributed by atoms with Crippen molar-refractivity contribution >= 4 is 17.6 Å². The summed E-state index contributed by atoms with van der Waals surface area (Å²) in [4.78, 5) is 14.3. The first-order valence-corrected chi connectivity index (χ1v) is 8.85. The Labute approximate surface area is 148 Å². The Kier molecular flexibility index (Phi) is 5.04. The number of hydrogen-bond donors (Lipinski definition) is 1. The van der Waals surface area contributed by atoms with Crippen molar-refractivity contribution in [3.63, 3.8) is 0 Å². The van der Waals surface area contributed by atoms with Gasteiger partial charge in [0.1, 0.15) is 0 Å². The lowest BCUT2D eigenvalue weighted by molar-refractivity contribution is -0.181. The first-order valence-electron chi connectivity index (χ1n) is 8.47. The quantitative estimate of drug-likeness (QED) is 0.909. The molecular weight excluding hydrogens is 328 g/mol. The van der Waals surface area contributed by atoms with Gasteiger partial charge in [0.25, 0.3) is 0 Å². The average molecular weight is 353 g/mol. The molecule has 1 spiro atoms. The van der Waals surface area contributed by atoms with E-state index in [0.29, 0.717) is 37.9 Å². The zero-order valence-electron chi connectivity index (χ0n) is 14.3. The third-order valence-corrected chi connectivity index (χ3v) is 5.15. The van der Waals surface area contributed by atoms with E-state index >= 15 is 0 Å². The van der Waals surface area contributed by atoms with Crippen LogP contribution < -0.4 is 5.32 Å². The summed E-state index contributed by atoms with van der Waals surface area (Å²) in [5, 5.41) is 3.76. The molecule has 1 N–H and O–H groups in total. The number of hydrogen-bond acceptors (Lipinski definition) is 3. The lowest BCUT2D eigenvalue weighted by Crippen LogP contribution is -2.51. The summed E-state index contributed by atoms with van der Waals surface area (Å²) >= 11 is 6.08. The fourth-order valence-electron chi connectivity index (χ4n) is 3.26. The Morgan fingerprint density at radius 1 is 1.29 bits per heavy atom. The Morgan fingerprint density at radius 3 is 2.58 bits per heavy atom. The van der Waals surface area contributed by atoms with Gasteiger partial charge in [0.05, 0.1) is 13.2 Å². The lowest BCUT2D eigenvalue weighted by Gasteiger charge is -2.38. The van der Waals surface area contributed by atoms with Crippen LogP contribution in [0.2, 0.25) is 5.02 Å². The fourth-order valence-corrected chi connectivity index (χ4v) is 3.45. The van der Waals surface area contributed by atoms with Crippen LogP contribution in [0.1, 0.15) is 32.3 Å². The SMILES string of the molecule is CC(C)(CNC(=O)N1CCC2(CC1)OCCO2)c1cccc(Cl)c1. The van der Waals surface area contributed by atoms with E-state index in [1.165, 1.54) is 0 Å². The highest BCUT2D eigenvalue weighted by Gasteiger charge is 2.40. The number of urea groups is 1. The number of rotatable bonds is 3. The van der Waals surface area contributed by atoms with Gasteiger partial charge in [-0.15, -0.1) is 0 Å². The van der Waals surface area contributed by atoms with Crippen molar-refractivity contribution in [2.24, 2.45) is 0 Å². The Morgan fingerprint density at radius 2 is 1.96 bits per heavy atom. The number of likely N-dealkylation sites (tertiary alicyclic amines) is 1. The molecule has 2 heterocycles. The smallest absolute Gasteiger partial charge is 0.317 e. The zero-order valence-corrected chi connectivity index (χ0v) is 15.1. The summed E-state index contributed by atoms with van der Waals surface area (Å²) in [6.07, 6.45) is 1.47. The summed E-state index contributed by atoms with van der Waals surface area (Å²) in [6, 6.07) is 7.76. The summed E-state index contributed by atoms with van der Waals surface area (Å²) in [6.45, 7) is 7.38. The van der Waals surface area contributed by atoms with E-state index in [1.54, 1.807) is 0 Å². The van der Waals surface area contributed by atoms with Gasteiger partial charge in [0.15, 0.2) is 5.79 Å². The summed E-state index contributed by atoms with van der Waals surface area (Å²) in [5.41, 5.74) is 0.926. The van der Waals surface area contributed by atoms with E-state index in [4.69, 9.17) is 21.1 Å².